The molecule has 110 valence electrons. The van der Waals surface area contributed by atoms with Crippen molar-refractivity contribution in [1.29, 1.82) is 0 Å². The number of methoxy groups -OCH3 is 1. The summed E-state index contributed by atoms with van der Waals surface area (Å²) >= 11 is 0. The van der Waals surface area contributed by atoms with Gasteiger partial charge in [0, 0.05) is 29.8 Å². The molecule has 0 bridgehead atoms. The standard InChI is InChI=1S/C16H24N2O2/c1-10-6-7-11(17)8-12(10)14(19)18-13-9-16(4,20-5)15(13,2)3/h6-8,13H,9,17H2,1-5H3,(H,18,19). The van der Waals surface area contributed by atoms with Gasteiger partial charge in [0.1, 0.15) is 0 Å². The zero-order chi connectivity index (χ0) is 15.1. The fraction of sp³-hybridized carbons (Fsp3) is 0.562. The van der Waals surface area contributed by atoms with Crippen LogP contribution < -0.4 is 11.1 Å². The first-order chi connectivity index (χ1) is 9.21. The quantitative estimate of drug-likeness (QED) is 0.834. The minimum absolute atomic E-state index is 0.0639. The molecule has 2 atom stereocenters. The Hall–Kier alpha value is -1.55. The summed E-state index contributed by atoms with van der Waals surface area (Å²) in [5.74, 6) is -0.0639. The van der Waals surface area contributed by atoms with Gasteiger partial charge in [0.25, 0.3) is 5.91 Å². The SMILES string of the molecule is COC1(C)CC(NC(=O)c2cc(N)ccc2C)C1(C)C. The van der Waals surface area contributed by atoms with Gasteiger partial charge in [0.15, 0.2) is 0 Å². The van der Waals surface area contributed by atoms with E-state index in [2.05, 4.69) is 26.1 Å². The van der Waals surface area contributed by atoms with Gasteiger partial charge >= 0.3 is 0 Å². The molecule has 2 rings (SSSR count). The zero-order valence-corrected chi connectivity index (χ0v) is 12.9. The summed E-state index contributed by atoms with van der Waals surface area (Å²) in [4.78, 5) is 12.4. The van der Waals surface area contributed by atoms with Crippen LogP contribution in [0.15, 0.2) is 18.2 Å². The van der Waals surface area contributed by atoms with Crippen molar-refractivity contribution in [3.63, 3.8) is 0 Å². The molecule has 20 heavy (non-hydrogen) atoms. The van der Waals surface area contributed by atoms with E-state index in [4.69, 9.17) is 10.5 Å². The minimum atomic E-state index is -0.185. The van der Waals surface area contributed by atoms with Crippen molar-refractivity contribution < 1.29 is 9.53 Å². The topological polar surface area (TPSA) is 64.3 Å². The fourth-order valence-corrected chi connectivity index (χ4v) is 2.84. The van der Waals surface area contributed by atoms with E-state index in [9.17, 15) is 4.79 Å². The Morgan fingerprint density at radius 2 is 2.05 bits per heavy atom. The van der Waals surface area contributed by atoms with Crippen LogP contribution in [0, 0.1) is 12.3 Å². The maximum absolute atomic E-state index is 12.4. The highest BCUT2D eigenvalue weighted by atomic mass is 16.5. The predicted octanol–water partition coefficient (Wildman–Crippen LogP) is 2.51. The zero-order valence-electron chi connectivity index (χ0n) is 12.9. The Kier molecular flexibility index (Phi) is 3.54. The monoisotopic (exact) mass is 276 g/mol. The van der Waals surface area contributed by atoms with Crippen molar-refractivity contribution in [1.82, 2.24) is 5.32 Å². The Balaban J connectivity index is 2.13. The number of anilines is 1. The number of ether oxygens (including phenoxy) is 1. The van der Waals surface area contributed by atoms with E-state index < -0.39 is 0 Å². The Morgan fingerprint density at radius 1 is 1.40 bits per heavy atom. The lowest BCUT2D eigenvalue weighted by Crippen LogP contribution is -2.68. The molecule has 1 aliphatic carbocycles. The second kappa shape index (κ2) is 4.77. The maximum Gasteiger partial charge on any atom is 0.251 e. The smallest absolute Gasteiger partial charge is 0.251 e. The molecular weight excluding hydrogens is 252 g/mol. The van der Waals surface area contributed by atoms with Crippen LogP contribution >= 0.6 is 0 Å². The largest absolute Gasteiger partial charge is 0.399 e. The van der Waals surface area contributed by atoms with Crippen molar-refractivity contribution in [3.8, 4) is 0 Å². The molecule has 1 aliphatic rings. The number of benzene rings is 1. The van der Waals surface area contributed by atoms with Crippen LogP contribution in [0.5, 0.6) is 0 Å². The molecule has 0 heterocycles. The molecular formula is C16H24N2O2. The number of carbonyl (C=O) groups excluding carboxylic acids is 1. The number of nitrogens with one attached hydrogen (secondary N) is 1. The van der Waals surface area contributed by atoms with Gasteiger partial charge < -0.3 is 15.8 Å². The lowest BCUT2D eigenvalue weighted by molar-refractivity contribution is -0.177. The first-order valence-electron chi connectivity index (χ1n) is 6.93. The Morgan fingerprint density at radius 3 is 2.60 bits per heavy atom. The summed E-state index contributed by atoms with van der Waals surface area (Å²) in [6.45, 7) is 8.25. The number of hydrogen-bond acceptors (Lipinski definition) is 3. The number of rotatable bonds is 3. The summed E-state index contributed by atoms with van der Waals surface area (Å²) in [5.41, 5.74) is 7.67. The molecule has 2 unspecified atom stereocenters. The number of nitrogens with two attached hydrogens (primary N) is 1. The molecule has 1 amide bonds. The van der Waals surface area contributed by atoms with Gasteiger partial charge in [0.2, 0.25) is 0 Å². The second-order valence-electron chi connectivity index (χ2n) is 6.46. The molecule has 4 heteroatoms. The summed E-state index contributed by atoms with van der Waals surface area (Å²) in [6.07, 6.45) is 0.823. The van der Waals surface area contributed by atoms with Crippen molar-refractivity contribution in [2.24, 2.45) is 5.41 Å². The summed E-state index contributed by atoms with van der Waals surface area (Å²) in [7, 11) is 1.72. The van der Waals surface area contributed by atoms with E-state index in [0.717, 1.165) is 12.0 Å². The van der Waals surface area contributed by atoms with Crippen LogP contribution in [0.4, 0.5) is 5.69 Å². The van der Waals surface area contributed by atoms with Crippen LogP contribution in [0.3, 0.4) is 0 Å². The highest BCUT2D eigenvalue weighted by molar-refractivity contribution is 5.96. The molecule has 0 spiro atoms. The molecule has 1 saturated carbocycles. The fourth-order valence-electron chi connectivity index (χ4n) is 2.84. The van der Waals surface area contributed by atoms with E-state index in [-0.39, 0.29) is 23.0 Å². The second-order valence-corrected chi connectivity index (χ2v) is 6.46. The summed E-state index contributed by atoms with van der Waals surface area (Å²) < 4.78 is 5.58. The van der Waals surface area contributed by atoms with E-state index in [0.29, 0.717) is 11.3 Å². The van der Waals surface area contributed by atoms with Crippen LogP contribution in [-0.4, -0.2) is 24.7 Å². The molecule has 1 aromatic carbocycles. The highest BCUT2D eigenvalue weighted by Gasteiger charge is 2.58. The number of aryl methyl sites for hydroxylation is 1. The van der Waals surface area contributed by atoms with Gasteiger partial charge in [-0.25, -0.2) is 0 Å². The van der Waals surface area contributed by atoms with E-state index >= 15 is 0 Å². The van der Waals surface area contributed by atoms with Gasteiger partial charge in [-0.1, -0.05) is 19.9 Å². The van der Waals surface area contributed by atoms with E-state index in [1.807, 2.05) is 13.0 Å². The molecule has 3 N–H and O–H groups in total. The highest BCUT2D eigenvalue weighted by Crippen LogP contribution is 2.51. The van der Waals surface area contributed by atoms with Crippen LogP contribution in [0.1, 0.15) is 43.1 Å². The average molecular weight is 276 g/mol. The third kappa shape index (κ3) is 2.18. The lowest BCUT2D eigenvalue weighted by Gasteiger charge is -2.59. The average Bonchev–Trinajstić information content (AvgIpc) is 2.40. The van der Waals surface area contributed by atoms with E-state index in [1.165, 1.54) is 0 Å². The first kappa shape index (κ1) is 14.9. The molecule has 1 fully saturated rings. The van der Waals surface area contributed by atoms with Crippen molar-refractivity contribution in [3.05, 3.63) is 29.3 Å². The van der Waals surface area contributed by atoms with Crippen molar-refractivity contribution in [2.75, 3.05) is 12.8 Å². The molecule has 1 aromatic rings. The Bertz CT molecular complexity index is 539. The number of amides is 1. The summed E-state index contributed by atoms with van der Waals surface area (Å²) in [5, 5.41) is 3.11. The van der Waals surface area contributed by atoms with E-state index in [1.54, 1.807) is 19.2 Å². The minimum Gasteiger partial charge on any atom is -0.399 e. The number of carbonyl (C=O) groups is 1. The third-order valence-electron chi connectivity index (χ3n) is 5.09. The van der Waals surface area contributed by atoms with Crippen molar-refractivity contribution >= 4 is 11.6 Å². The third-order valence-corrected chi connectivity index (χ3v) is 5.09. The van der Waals surface area contributed by atoms with Crippen molar-refractivity contribution in [2.45, 2.75) is 45.8 Å². The normalized spacial score (nSPS) is 27.8. The number of hydrogen-bond donors (Lipinski definition) is 2. The predicted molar refractivity (Wildman–Crippen MR) is 80.7 cm³/mol. The molecule has 0 saturated heterocycles. The van der Waals surface area contributed by atoms with Crippen LogP contribution in [-0.2, 0) is 4.74 Å². The molecule has 0 aromatic heterocycles. The van der Waals surface area contributed by atoms with Gasteiger partial charge in [-0.2, -0.15) is 0 Å². The van der Waals surface area contributed by atoms with Gasteiger partial charge in [-0.3, -0.25) is 4.79 Å². The van der Waals surface area contributed by atoms with Gasteiger partial charge in [0.05, 0.1) is 5.60 Å². The number of nitrogen functional groups attached to an aromatic ring is 1. The van der Waals surface area contributed by atoms with Crippen LogP contribution in [0.25, 0.3) is 0 Å². The lowest BCUT2D eigenvalue weighted by atomic mass is 9.56. The Labute approximate surface area is 120 Å². The maximum atomic E-state index is 12.4. The molecule has 0 radical (unpaired) electrons. The molecule has 4 nitrogen and oxygen atoms in total. The van der Waals surface area contributed by atoms with Crippen LogP contribution in [0.2, 0.25) is 0 Å². The summed E-state index contributed by atoms with van der Waals surface area (Å²) in [6, 6.07) is 5.52. The van der Waals surface area contributed by atoms with Gasteiger partial charge in [-0.05, 0) is 38.0 Å². The molecule has 0 aliphatic heterocycles. The first-order valence-corrected chi connectivity index (χ1v) is 6.93. The van der Waals surface area contributed by atoms with Gasteiger partial charge in [-0.15, -0.1) is 0 Å².